The van der Waals surface area contributed by atoms with E-state index in [0.29, 0.717) is 11.5 Å². The molecule has 0 spiro atoms. The minimum Gasteiger partial charge on any atom is -0.399 e. The number of amides is 1. The zero-order valence-electron chi connectivity index (χ0n) is 9.40. The molecule has 0 fully saturated rings. The van der Waals surface area contributed by atoms with Crippen molar-refractivity contribution in [3.8, 4) is 0 Å². The summed E-state index contributed by atoms with van der Waals surface area (Å²) in [6.07, 6.45) is 1.45. The number of likely N-dealkylation sites (N-methyl/N-ethyl adjacent to an activating group) is 1. The van der Waals surface area contributed by atoms with E-state index in [-0.39, 0.29) is 12.5 Å². The van der Waals surface area contributed by atoms with Crippen LogP contribution >= 0.6 is 0 Å². The first-order valence-electron chi connectivity index (χ1n) is 5.15. The first-order chi connectivity index (χ1) is 8.20. The summed E-state index contributed by atoms with van der Waals surface area (Å²) in [6.45, 7) is 0.164. The first-order valence-corrected chi connectivity index (χ1v) is 5.15. The predicted octanol–water partition coefficient (Wildman–Crippen LogP) is 0.370. The van der Waals surface area contributed by atoms with Gasteiger partial charge in [-0.15, -0.1) is 0 Å². The van der Waals surface area contributed by atoms with Crippen molar-refractivity contribution in [1.29, 1.82) is 0 Å². The third kappa shape index (κ3) is 2.41. The number of nitrogens with one attached hydrogen (secondary N) is 2. The molecule has 1 aromatic heterocycles. The Morgan fingerprint density at radius 2 is 2.24 bits per heavy atom. The minimum absolute atomic E-state index is 0.110. The van der Waals surface area contributed by atoms with Gasteiger partial charge in [-0.25, -0.2) is 9.97 Å². The van der Waals surface area contributed by atoms with Crippen LogP contribution < -0.4 is 16.4 Å². The van der Waals surface area contributed by atoms with Crippen LogP contribution in [0.25, 0.3) is 10.9 Å². The van der Waals surface area contributed by atoms with Gasteiger partial charge in [-0.2, -0.15) is 0 Å². The van der Waals surface area contributed by atoms with Crippen molar-refractivity contribution in [2.45, 2.75) is 0 Å². The summed E-state index contributed by atoms with van der Waals surface area (Å²) in [5, 5.41) is 6.27. The van der Waals surface area contributed by atoms with Crippen molar-refractivity contribution in [3.63, 3.8) is 0 Å². The lowest BCUT2D eigenvalue weighted by atomic mass is 10.2. The number of aromatic nitrogens is 2. The van der Waals surface area contributed by atoms with Crippen molar-refractivity contribution in [2.24, 2.45) is 0 Å². The summed E-state index contributed by atoms with van der Waals surface area (Å²) < 4.78 is 0. The van der Waals surface area contributed by atoms with Crippen molar-refractivity contribution in [1.82, 2.24) is 15.3 Å². The number of rotatable bonds is 3. The van der Waals surface area contributed by atoms with Crippen LogP contribution in [0.1, 0.15) is 0 Å². The summed E-state index contributed by atoms with van der Waals surface area (Å²) in [7, 11) is 1.58. The lowest BCUT2D eigenvalue weighted by Gasteiger charge is -2.07. The van der Waals surface area contributed by atoms with Crippen molar-refractivity contribution < 1.29 is 4.79 Å². The Hall–Kier alpha value is -2.37. The molecule has 4 N–H and O–H groups in total. The third-order valence-corrected chi connectivity index (χ3v) is 2.35. The van der Waals surface area contributed by atoms with Crippen molar-refractivity contribution in [3.05, 3.63) is 24.5 Å². The molecule has 2 aromatic rings. The van der Waals surface area contributed by atoms with Crippen molar-refractivity contribution in [2.75, 3.05) is 24.6 Å². The van der Waals surface area contributed by atoms with Gasteiger partial charge in [0.25, 0.3) is 0 Å². The second-order valence-corrected chi connectivity index (χ2v) is 3.53. The van der Waals surface area contributed by atoms with Gasteiger partial charge in [0, 0.05) is 18.1 Å². The van der Waals surface area contributed by atoms with Gasteiger partial charge in [0.2, 0.25) is 5.91 Å². The number of hydrogen-bond acceptors (Lipinski definition) is 5. The summed E-state index contributed by atoms with van der Waals surface area (Å²) >= 11 is 0. The van der Waals surface area contributed by atoms with Gasteiger partial charge < -0.3 is 16.4 Å². The minimum atomic E-state index is -0.110. The molecular formula is C11H13N5O. The molecular weight excluding hydrogens is 218 g/mol. The van der Waals surface area contributed by atoms with E-state index in [4.69, 9.17) is 5.73 Å². The maximum Gasteiger partial charge on any atom is 0.239 e. The maximum atomic E-state index is 11.1. The molecule has 0 saturated carbocycles. The van der Waals surface area contributed by atoms with E-state index in [0.717, 1.165) is 10.9 Å². The van der Waals surface area contributed by atoms with Gasteiger partial charge >= 0.3 is 0 Å². The van der Waals surface area contributed by atoms with E-state index in [2.05, 4.69) is 20.6 Å². The molecule has 0 unspecified atom stereocenters. The van der Waals surface area contributed by atoms with Crippen LogP contribution in [0.3, 0.4) is 0 Å². The van der Waals surface area contributed by atoms with Crippen LogP contribution in [0.5, 0.6) is 0 Å². The number of carbonyl (C=O) groups is 1. The number of benzene rings is 1. The lowest BCUT2D eigenvalue weighted by molar-refractivity contribution is -0.118. The average Bonchev–Trinajstić information content (AvgIpc) is 2.35. The molecule has 0 radical (unpaired) electrons. The molecule has 0 atom stereocenters. The normalized spacial score (nSPS) is 10.2. The highest BCUT2D eigenvalue weighted by atomic mass is 16.1. The molecule has 2 rings (SSSR count). The number of nitrogen functional groups attached to an aromatic ring is 1. The molecule has 1 heterocycles. The molecule has 1 amide bonds. The SMILES string of the molecule is CNC(=O)CNc1ncnc2ccc(N)cc12. The van der Waals surface area contributed by atoms with Crippen LogP contribution in [0, 0.1) is 0 Å². The molecule has 6 nitrogen and oxygen atoms in total. The second-order valence-electron chi connectivity index (χ2n) is 3.53. The van der Waals surface area contributed by atoms with Gasteiger partial charge in [-0.1, -0.05) is 0 Å². The molecule has 6 heteroatoms. The molecule has 0 aliphatic rings. The van der Waals surface area contributed by atoms with Gasteiger partial charge in [-0.05, 0) is 18.2 Å². The fraction of sp³-hybridized carbons (Fsp3) is 0.182. The van der Waals surface area contributed by atoms with Crippen molar-refractivity contribution >= 4 is 28.3 Å². The van der Waals surface area contributed by atoms with Crippen LogP contribution in [0.2, 0.25) is 0 Å². The smallest absolute Gasteiger partial charge is 0.239 e. The monoisotopic (exact) mass is 231 g/mol. The zero-order chi connectivity index (χ0) is 12.3. The molecule has 88 valence electrons. The molecule has 0 bridgehead atoms. The Kier molecular flexibility index (Phi) is 3.04. The predicted molar refractivity (Wildman–Crippen MR) is 66.5 cm³/mol. The van der Waals surface area contributed by atoms with Gasteiger partial charge in [0.05, 0.1) is 12.1 Å². The molecule has 1 aromatic carbocycles. The van der Waals surface area contributed by atoms with E-state index in [9.17, 15) is 4.79 Å². The van der Waals surface area contributed by atoms with Gasteiger partial charge in [0.1, 0.15) is 12.1 Å². The summed E-state index contributed by atoms with van der Waals surface area (Å²) in [5.41, 5.74) is 7.13. The number of nitrogens with zero attached hydrogens (tertiary/aromatic N) is 2. The highest BCUT2D eigenvalue weighted by Gasteiger charge is 2.05. The number of carbonyl (C=O) groups excluding carboxylic acids is 1. The topological polar surface area (TPSA) is 92.9 Å². The summed E-state index contributed by atoms with van der Waals surface area (Å²) in [6, 6.07) is 5.37. The Bertz CT molecular complexity index is 555. The van der Waals surface area contributed by atoms with Crippen LogP contribution in [-0.4, -0.2) is 29.5 Å². The number of hydrogen-bond donors (Lipinski definition) is 3. The summed E-state index contributed by atoms with van der Waals surface area (Å²) in [4.78, 5) is 19.4. The van der Waals surface area contributed by atoms with Crippen LogP contribution in [-0.2, 0) is 4.79 Å². The summed E-state index contributed by atoms with van der Waals surface area (Å²) in [5.74, 6) is 0.492. The Morgan fingerprint density at radius 1 is 1.41 bits per heavy atom. The average molecular weight is 231 g/mol. The number of anilines is 2. The quantitative estimate of drug-likeness (QED) is 0.664. The molecule has 0 saturated heterocycles. The first kappa shape index (κ1) is 11.1. The highest BCUT2D eigenvalue weighted by molar-refractivity contribution is 5.92. The molecule has 17 heavy (non-hydrogen) atoms. The van der Waals surface area contributed by atoms with Gasteiger partial charge in [0.15, 0.2) is 0 Å². The molecule has 0 aliphatic carbocycles. The largest absolute Gasteiger partial charge is 0.399 e. The zero-order valence-corrected chi connectivity index (χ0v) is 9.40. The standard InChI is InChI=1S/C11H13N5O/c1-13-10(17)5-14-11-8-4-7(12)2-3-9(8)15-6-16-11/h2-4,6H,5,12H2,1H3,(H,13,17)(H,14,15,16). The lowest BCUT2D eigenvalue weighted by Crippen LogP contribution is -2.26. The number of fused-ring (bicyclic) bond motifs is 1. The van der Waals surface area contributed by atoms with E-state index < -0.39 is 0 Å². The maximum absolute atomic E-state index is 11.1. The fourth-order valence-electron chi connectivity index (χ4n) is 1.47. The van der Waals surface area contributed by atoms with E-state index in [1.54, 1.807) is 19.2 Å². The van der Waals surface area contributed by atoms with E-state index in [1.807, 2.05) is 6.07 Å². The Labute approximate surface area is 98.2 Å². The Balaban J connectivity index is 2.33. The van der Waals surface area contributed by atoms with Crippen LogP contribution in [0.15, 0.2) is 24.5 Å². The Morgan fingerprint density at radius 3 is 3.00 bits per heavy atom. The number of nitrogens with two attached hydrogens (primary N) is 1. The highest BCUT2D eigenvalue weighted by Crippen LogP contribution is 2.21. The third-order valence-electron chi connectivity index (χ3n) is 2.35. The van der Waals surface area contributed by atoms with Gasteiger partial charge in [-0.3, -0.25) is 4.79 Å². The van der Waals surface area contributed by atoms with Crippen LogP contribution in [0.4, 0.5) is 11.5 Å². The van der Waals surface area contributed by atoms with E-state index >= 15 is 0 Å². The molecule has 0 aliphatic heterocycles. The van der Waals surface area contributed by atoms with E-state index in [1.165, 1.54) is 6.33 Å². The second kappa shape index (κ2) is 4.65. The fourth-order valence-corrected chi connectivity index (χ4v) is 1.47.